The average molecular weight is 277 g/mol. The maximum absolute atomic E-state index is 13.3. The zero-order valence-electron chi connectivity index (χ0n) is 11.2. The van der Waals surface area contributed by atoms with Crippen LogP contribution >= 0.6 is 0 Å². The van der Waals surface area contributed by atoms with Crippen molar-refractivity contribution in [2.75, 3.05) is 25.1 Å². The molecule has 0 saturated carbocycles. The van der Waals surface area contributed by atoms with E-state index in [1.807, 2.05) is 6.92 Å². The van der Waals surface area contributed by atoms with Crippen molar-refractivity contribution >= 4 is 16.7 Å². The van der Waals surface area contributed by atoms with Gasteiger partial charge >= 0.3 is 0 Å². The lowest BCUT2D eigenvalue weighted by molar-refractivity contribution is -0.144. The van der Waals surface area contributed by atoms with Crippen molar-refractivity contribution in [1.82, 2.24) is 9.97 Å². The monoisotopic (exact) mass is 277 g/mol. The normalized spacial score (nSPS) is 17.5. The van der Waals surface area contributed by atoms with Gasteiger partial charge in [0.2, 0.25) is 0 Å². The van der Waals surface area contributed by atoms with E-state index in [4.69, 9.17) is 9.47 Å². The summed E-state index contributed by atoms with van der Waals surface area (Å²) in [5.74, 6) is -0.220. The topological polar surface area (TPSA) is 56.3 Å². The molecule has 1 fully saturated rings. The van der Waals surface area contributed by atoms with E-state index < -0.39 is 5.79 Å². The van der Waals surface area contributed by atoms with Crippen LogP contribution in [0.25, 0.3) is 10.9 Å². The van der Waals surface area contributed by atoms with E-state index in [1.165, 1.54) is 18.5 Å². The Kier molecular flexibility index (Phi) is 3.50. The first-order valence-electron chi connectivity index (χ1n) is 6.58. The molecule has 2 heterocycles. The van der Waals surface area contributed by atoms with Gasteiger partial charge in [0.05, 0.1) is 18.7 Å². The van der Waals surface area contributed by atoms with Crippen molar-refractivity contribution in [3.63, 3.8) is 0 Å². The summed E-state index contributed by atoms with van der Waals surface area (Å²) < 4.78 is 24.4. The van der Waals surface area contributed by atoms with Crippen LogP contribution in [0.3, 0.4) is 0 Å². The third kappa shape index (κ3) is 2.71. The maximum atomic E-state index is 13.3. The Morgan fingerprint density at radius 1 is 1.30 bits per heavy atom. The van der Waals surface area contributed by atoms with E-state index >= 15 is 0 Å². The van der Waals surface area contributed by atoms with Gasteiger partial charge in [0.25, 0.3) is 0 Å². The minimum Gasteiger partial charge on any atom is -0.369 e. The largest absolute Gasteiger partial charge is 0.369 e. The molecular formula is C14H16FN3O2. The highest BCUT2D eigenvalue weighted by Crippen LogP contribution is 2.24. The van der Waals surface area contributed by atoms with Crippen LogP contribution in [0.5, 0.6) is 0 Å². The minimum atomic E-state index is -0.541. The fraction of sp³-hybridized carbons (Fsp3) is 0.429. The molecule has 0 unspecified atom stereocenters. The summed E-state index contributed by atoms with van der Waals surface area (Å²) in [6.07, 6.45) is 2.15. The van der Waals surface area contributed by atoms with E-state index in [1.54, 1.807) is 6.07 Å². The van der Waals surface area contributed by atoms with E-state index in [-0.39, 0.29) is 5.82 Å². The van der Waals surface area contributed by atoms with Gasteiger partial charge in [-0.1, -0.05) is 0 Å². The van der Waals surface area contributed by atoms with Crippen LogP contribution in [0.2, 0.25) is 0 Å². The quantitative estimate of drug-likeness (QED) is 0.929. The summed E-state index contributed by atoms with van der Waals surface area (Å²) in [6, 6.07) is 4.46. The Morgan fingerprint density at radius 2 is 2.10 bits per heavy atom. The van der Waals surface area contributed by atoms with Crippen LogP contribution in [0, 0.1) is 5.82 Å². The van der Waals surface area contributed by atoms with Crippen molar-refractivity contribution in [1.29, 1.82) is 0 Å². The second-order valence-electron chi connectivity index (χ2n) is 4.89. The lowest BCUT2D eigenvalue weighted by Gasteiger charge is -2.22. The fourth-order valence-electron chi connectivity index (χ4n) is 2.28. The van der Waals surface area contributed by atoms with Crippen molar-refractivity contribution in [3.05, 3.63) is 30.3 Å². The molecule has 20 heavy (non-hydrogen) atoms. The second-order valence-corrected chi connectivity index (χ2v) is 4.89. The van der Waals surface area contributed by atoms with Gasteiger partial charge in [-0.3, -0.25) is 0 Å². The Balaban J connectivity index is 1.72. The number of nitrogens with one attached hydrogen (secondary N) is 1. The molecule has 1 aliphatic heterocycles. The second kappa shape index (κ2) is 5.30. The van der Waals surface area contributed by atoms with Crippen molar-refractivity contribution < 1.29 is 13.9 Å². The van der Waals surface area contributed by atoms with Gasteiger partial charge in [-0.15, -0.1) is 0 Å². The number of aromatic nitrogens is 2. The molecule has 0 radical (unpaired) electrons. The van der Waals surface area contributed by atoms with Gasteiger partial charge < -0.3 is 14.8 Å². The van der Waals surface area contributed by atoms with Gasteiger partial charge in [0, 0.05) is 18.4 Å². The number of rotatable bonds is 4. The van der Waals surface area contributed by atoms with Gasteiger partial charge in [-0.25, -0.2) is 14.4 Å². The van der Waals surface area contributed by atoms with E-state index in [0.29, 0.717) is 42.9 Å². The molecule has 0 spiro atoms. The van der Waals surface area contributed by atoms with Crippen LogP contribution in [-0.4, -0.2) is 35.5 Å². The maximum Gasteiger partial charge on any atom is 0.167 e. The highest BCUT2D eigenvalue weighted by molar-refractivity contribution is 5.88. The zero-order chi connectivity index (χ0) is 14.0. The molecule has 2 aromatic rings. The first-order chi connectivity index (χ1) is 9.66. The standard InChI is InChI=1S/C14H16FN3O2/c1-14(19-6-7-20-14)4-5-16-13-11-8-10(15)2-3-12(11)17-9-18-13/h2-3,8-9H,4-7H2,1H3,(H,16,17,18). The predicted octanol–water partition coefficient (Wildman–Crippen LogP) is 2.33. The number of nitrogens with zero attached hydrogens (tertiary/aromatic N) is 2. The molecule has 6 heteroatoms. The summed E-state index contributed by atoms with van der Waals surface area (Å²) >= 11 is 0. The Labute approximate surface area is 116 Å². The molecular weight excluding hydrogens is 261 g/mol. The number of hydrogen-bond donors (Lipinski definition) is 1. The average Bonchev–Trinajstić information content (AvgIpc) is 2.86. The van der Waals surface area contributed by atoms with Gasteiger partial charge in [-0.2, -0.15) is 0 Å². The molecule has 0 bridgehead atoms. The Morgan fingerprint density at radius 3 is 2.90 bits per heavy atom. The van der Waals surface area contributed by atoms with Crippen LogP contribution < -0.4 is 5.32 Å². The molecule has 0 atom stereocenters. The van der Waals surface area contributed by atoms with Crippen molar-refractivity contribution in [3.8, 4) is 0 Å². The molecule has 1 saturated heterocycles. The number of halogens is 1. The summed E-state index contributed by atoms with van der Waals surface area (Å²) in [6.45, 7) is 3.79. The number of fused-ring (bicyclic) bond motifs is 1. The van der Waals surface area contributed by atoms with Crippen molar-refractivity contribution in [2.45, 2.75) is 19.1 Å². The van der Waals surface area contributed by atoms with E-state index in [2.05, 4.69) is 15.3 Å². The Hall–Kier alpha value is -1.79. The fourth-order valence-corrected chi connectivity index (χ4v) is 2.28. The smallest absolute Gasteiger partial charge is 0.167 e. The molecule has 106 valence electrons. The van der Waals surface area contributed by atoms with Gasteiger partial charge in [0.1, 0.15) is 18.0 Å². The van der Waals surface area contributed by atoms with E-state index in [0.717, 1.165) is 0 Å². The first kappa shape index (κ1) is 13.2. The number of anilines is 1. The summed E-state index contributed by atoms with van der Waals surface area (Å²) in [7, 11) is 0. The molecule has 1 aliphatic rings. The number of benzene rings is 1. The predicted molar refractivity (Wildman–Crippen MR) is 72.9 cm³/mol. The van der Waals surface area contributed by atoms with Crippen LogP contribution in [0.1, 0.15) is 13.3 Å². The lowest BCUT2D eigenvalue weighted by atomic mass is 10.2. The van der Waals surface area contributed by atoms with E-state index in [9.17, 15) is 4.39 Å². The minimum absolute atomic E-state index is 0.301. The van der Waals surface area contributed by atoms with Crippen molar-refractivity contribution in [2.24, 2.45) is 0 Å². The molecule has 3 rings (SSSR count). The molecule has 1 aromatic heterocycles. The Bertz CT molecular complexity index is 614. The van der Waals surface area contributed by atoms with Crippen LogP contribution in [0.4, 0.5) is 10.2 Å². The third-order valence-corrected chi connectivity index (χ3v) is 3.37. The first-order valence-corrected chi connectivity index (χ1v) is 6.58. The summed E-state index contributed by atoms with van der Waals surface area (Å²) in [5, 5.41) is 3.86. The molecule has 0 amide bonds. The number of ether oxygens (including phenoxy) is 2. The molecule has 1 N–H and O–H groups in total. The van der Waals surface area contributed by atoms with Crippen LogP contribution in [0.15, 0.2) is 24.5 Å². The molecule has 0 aliphatic carbocycles. The lowest BCUT2D eigenvalue weighted by Crippen LogP contribution is -2.28. The SMILES string of the molecule is CC1(CCNc2ncnc3ccc(F)cc23)OCCO1. The number of hydrogen-bond acceptors (Lipinski definition) is 5. The van der Waals surface area contributed by atoms with Gasteiger partial charge in [0.15, 0.2) is 5.79 Å². The highest BCUT2D eigenvalue weighted by Gasteiger charge is 2.30. The summed E-state index contributed by atoms with van der Waals surface area (Å²) in [4.78, 5) is 8.28. The molecule has 5 nitrogen and oxygen atoms in total. The highest BCUT2D eigenvalue weighted by atomic mass is 19.1. The zero-order valence-corrected chi connectivity index (χ0v) is 11.2. The third-order valence-electron chi connectivity index (χ3n) is 3.37. The molecule has 1 aromatic carbocycles. The van der Waals surface area contributed by atoms with Crippen LogP contribution in [-0.2, 0) is 9.47 Å². The van der Waals surface area contributed by atoms with Gasteiger partial charge in [-0.05, 0) is 25.1 Å². The summed E-state index contributed by atoms with van der Waals surface area (Å²) in [5.41, 5.74) is 0.712.